The molecule has 2 atom stereocenters. The summed E-state index contributed by atoms with van der Waals surface area (Å²) in [4.78, 5) is 4.37. The van der Waals surface area contributed by atoms with E-state index in [2.05, 4.69) is 30.9 Å². The summed E-state index contributed by atoms with van der Waals surface area (Å²) >= 11 is 7.29. The van der Waals surface area contributed by atoms with Crippen LogP contribution in [0, 0.1) is 0 Å². The zero-order valence-corrected chi connectivity index (χ0v) is 14.0. The first kappa shape index (κ1) is 17.4. The van der Waals surface area contributed by atoms with E-state index in [9.17, 15) is 0 Å². The third-order valence-corrected chi connectivity index (χ3v) is 7.68. The van der Waals surface area contributed by atoms with Gasteiger partial charge in [0.25, 0.3) is 0 Å². The lowest BCUT2D eigenvalue weighted by Gasteiger charge is -2.23. The molecule has 0 bridgehead atoms. The van der Waals surface area contributed by atoms with Crippen LogP contribution < -0.4 is 5.09 Å². The van der Waals surface area contributed by atoms with Crippen molar-refractivity contribution < 1.29 is 4.52 Å². The van der Waals surface area contributed by atoms with E-state index in [0.29, 0.717) is 6.04 Å². The van der Waals surface area contributed by atoms with Crippen LogP contribution in [0.15, 0.2) is 4.99 Å². The number of hydrogen-bond acceptors (Lipinski definition) is 4. The molecule has 0 spiro atoms. The molecule has 0 aromatic rings. The van der Waals surface area contributed by atoms with Gasteiger partial charge < -0.3 is 9.61 Å². The Balaban J connectivity index is 4.37. The first-order valence-corrected chi connectivity index (χ1v) is 10.5. The molecule has 0 aliphatic heterocycles. The maximum absolute atomic E-state index is 5.84. The molecule has 2 unspecified atom stereocenters. The average Bonchev–Trinajstić information content (AvgIpc) is 2.25. The molecular formula is C11H25N2OPS2. The molecule has 6 heteroatoms. The molecule has 0 fully saturated rings. The SMILES string of the molecule is CCCSP(=S)(NC=NC(C)CC)OC(C)C. The summed E-state index contributed by atoms with van der Waals surface area (Å²) in [5.41, 5.74) is -2.01. The van der Waals surface area contributed by atoms with E-state index >= 15 is 0 Å². The van der Waals surface area contributed by atoms with Gasteiger partial charge in [0.15, 0.2) is 0 Å². The quantitative estimate of drug-likeness (QED) is 0.393. The Bertz CT molecular complexity index is 272. The molecule has 3 nitrogen and oxygen atoms in total. The van der Waals surface area contributed by atoms with E-state index in [4.69, 9.17) is 16.3 Å². The number of rotatable bonds is 9. The van der Waals surface area contributed by atoms with Gasteiger partial charge in [-0.1, -0.05) is 25.2 Å². The summed E-state index contributed by atoms with van der Waals surface area (Å²) < 4.78 is 5.84. The topological polar surface area (TPSA) is 33.6 Å². The molecule has 17 heavy (non-hydrogen) atoms. The maximum atomic E-state index is 5.84. The van der Waals surface area contributed by atoms with Crippen LogP contribution in [0.1, 0.15) is 47.5 Å². The van der Waals surface area contributed by atoms with E-state index in [1.165, 1.54) is 0 Å². The highest BCUT2D eigenvalue weighted by Gasteiger charge is 2.18. The van der Waals surface area contributed by atoms with E-state index in [0.717, 1.165) is 18.6 Å². The van der Waals surface area contributed by atoms with Crippen molar-refractivity contribution in [1.29, 1.82) is 0 Å². The fourth-order valence-corrected chi connectivity index (χ4v) is 5.97. The minimum absolute atomic E-state index is 0.148. The van der Waals surface area contributed by atoms with E-state index in [-0.39, 0.29) is 6.10 Å². The monoisotopic (exact) mass is 296 g/mol. The van der Waals surface area contributed by atoms with Gasteiger partial charge in [-0.25, -0.2) is 0 Å². The van der Waals surface area contributed by atoms with Crippen molar-refractivity contribution in [2.24, 2.45) is 4.99 Å². The zero-order valence-electron chi connectivity index (χ0n) is 11.5. The molecule has 0 saturated heterocycles. The van der Waals surface area contributed by atoms with Crippen LogP contribution in [-0.4, -0.2) is 24.2 Å². The van der Waals surface area contributed by atoms with Gasteiger partial charge in [0.1, 0.15) is 0 Å². The highest BCUT2D eigenvalue weighted by Crippen LogP contribution is 2.56. The highest BCUT2D eigenvalue weighted by molar-refractivity contribution is 8.68. The van der Waals surface area contributed by atoms with E-state index < -0.39 is 5.62 Å². The Labute approximate surface area is 115 Å². The summed E-state index contributed by atoms with van der Waals surface area (Å²) in [7, 11) is 0. The first-order valence-electron chi connectivity index (χ1n) is 6.16. The smallest absolute Gasteiger partial charge is 0.211 e. The lowest BCUT2D eigenvalue weighted by atomic mass is 10.3. The molecule has 0 amide bonds. The third kappa shape index (κ3) is 9.06. The Morgan fingerprint density at radius 3 is 2.53 bits per heavy atom. The molecule has 0 aromatic carbocycles. The van der Waals surface area contributed by atoms with E-state index in [1.54, 1.807) is 17.7 Å². The predicted octanol–water partition coefficient (Wildman–Crippen LogP) is 4.20. The van der Waals surface area contributed by atoms with Gasteiger partial charge >= 0.3 is 0 Å². The molecule has 1 N–H and O–H groups in total. The molecule has 0 radical (unpaired) electrons. The molecule has 0 aliphatic rings. The fourth-order valence-electron chi connectivity index (χ4n) is 0.924. The number of aliphatic imine (C=N–C) groups is 1. The van der Waals surface area contributed by atoms with Gasteiger partial charge in [-0.15, -0.1) is 0 Å². The predicted molar refractivity (Wildman–Crippen MR) is 84.6 cm³/mol. The molecule has 0 heterocycles. The van der Waals surface area contributed by atoms with Crippen molar-refractivity contribution in [1.82, 2.24) is 5.09 Å². The summed E-state index contributed by atoms with van der Waals surface area (Å²) in [6.45, 7) is 10.4. The van der Waals surface area contributed by atoms with Crippen LogP contribution in [0.4, 0.5) is 0 Å². The van der Waals surface area contributed by atoms with Crippen molar-refractivity contribution in [3.63, 3.8) is 0 Å². The second-order valence-electron chi connectivity index (χ2n) is 4.15. The van der Waals surface area contributed by atoms with Crippen LogP contribution in [0.2, 0.25) is 0 Å². The Morgan fingerprint density at radius 2 is 2.06 bits per heavy atom. The van der Waals surface area contributed by atoms with Crippen molar-refractivity contribution in [3.05, 3.63) is 0 Å². The second-order valence-corrected chi connectivity index (χ2v) is 10.8. The maximum Gasteiger partial charge on any atom is 0.211 e. The summed E-state index contributed by atoms with van der Waals surface area (Å²) in [5.74, 6) is 1.02. The van der Waals surface area contributed by atoms with Crippen molar-refractivity contribution in [3.8, 4) is 0 Å². The molecule has 0 aromatic heterocycles. The minimum atomic E-state index is -2.01. The van der Waals surface area contributed by atoms with Gasteiger partial charge in [-0.05, 0) is 45.4 Å². The van der Waals surface area contributed by atoms with Crippen molar-refractivity contribution in [2.45, 2.75) is 59.6 Å². The van der Waals surface area contributed by atoms with Crippen LogP contribution in [0.3, 0.4) is 0 Å². The fraction of sp³-hybridized carbons (Fsp3) is 0.909. The third-order valence-electron chi connectivity index (χ3n) is 1.95. The van der Waals surface area contributed by atoms with E-state index in [1.807, 2.05) is 13.8 Å². The Morgan fingerprint density at radius 1 is 1.41 bits per heavy atom. The molecule has 0 saturated carbocycles. The van der Waals surface area contributed by atoms with Gasteiger partial charge in [0.05, 0.1) is 12.4 Å². The van der Waals surface area contributed by atoms with Crippen molar-refractivity contribution >= 4 is 35.1 Å². The molecular weight excluding hydrogens is 271 g/mol. The lowest BCUT2D eigenvalue weighted by Crippen LogP contribution is -2.13. The largest absolute Gasteiger partial charge is 0.324 e. The zero-order chi connectivity index (χ0) is 13.3. The number of nitrogens with zero attached hydrogens (tertiary/aromatic N) is 1. The number of hydrogen-bond donors (Lipinski definition) is 1. The normalized spacial score (nSPS) is 17.3. The minimum Gasteiger partial charge on any atom is -0.324 e. The van der Waals surface area contributed by atoms with Gasteiger partial charge in [-0.2, -0.15) is 0 Å². The van der Waals surface area contributed by atoms with Crippen LogP contribution >= 0.6 is 17.0 Å². The van der Waals surface area contributed by atoms with Crippen LogP contribution in [0.5, 0.6) is 0 Å². The highest BCUT2D eigenvalue weighted by atomic mass is 32.9. The molecule has 0 rings (SSSR count). The standard InChI is InChI=1S/C11H25N2OPS2/c1-6-8-17-15(16,14-10(3)4)13-9-12-11(5)7-2/h9-11H,6-8H2,1-5H3,(H,12,13,16). The van der Waals surface area contributed by atoms with Crippen LogP contribution in [-0.2, 0) is 16.3 Å². The number of nitrogens with one attached hydrogen (secondary N) is 1. The summed E-state index contributed by atoms with van der Waals surface area (Å²) in [6.07, 6.45) is 4.03. The summed E-state index contributed by atoms with van der Waals surface area (Å²) in [6, 6.07) is 0.334. The Hall–Kier alpha value is 0.430. The van der Waals surface area contributed by atoms with Crippen LogP contribution in [0.25, 0.3) is 0 Å². The lowest BCUT2D eigenvalue weighted by molar-refractivity contribution is 0.274. The first-order chi connectivity index (χ1) is 7.93. The van der Waals surface area contributed by atoms with Crippen molar-refractivity contribution in [2.75, 3.05) is 5.75 Å². The van der Waals surface area contributed by atoms with Gasteiger partial charge in [0, 0.05) is 11.8 Å². The van der Waals surface area contributed by atoms with Gasteiger partial charge in [0.2, 0.25) is 5.62 Å². The molecule has 102 valence electrons. The second kappa shape index (κ2) is 9.37. The van der Waals surface area contributed by atoms with Gasteiger partial charge in [-0.3, -0.25) is 4.99 Å². The Kier molecular flexibility index (Phi) is 9.61. The summed E-state index contributed by atoms with van der Waals surface area (Å²) in [5, 5.41) is 3.20. The average molecular weight is 296 g/mol. The molecule has 0 aliphatic carbocycles.